The van der Waals surface area contributed by atoms with E-state index in [1.54, 1.807) is 14.2 Å². The molecule has 0 spiro atoms. The van der Waals surface area contributed by atoms with E-state index in [1.807, 2.05) is 36.7 Å². The molecule has 0 saturated carbocycles. The van der Waals surface area contributed by atoms with Crippen molar-refractivity contribution in [2.45, 2.75) is 20.4 Å². The molecule has 6 nitrogen and oxygen atoms in total. The van der Waals surface area contributed by atoms with Crippen molar-refractivity contribution in [3.63, 3.8) is 0 Å². The molecule has 1 heterocycles. The molecule has 0 saturated heterocycles. The summed E-state index contributed by atoms with van der Waals surface area (Å²) in [6.45, 7) is 4.70. The van der Waals surface area contributed by atoms with E-state index < -0.39 is 0 Å². The van der Waals surface area contributed by atoms with E-state index in [4.69, 9.17) is 26.8 Å². The first-order valence-corrected chi connectivity index (χ1v) is 10.7. The quantitative estimate of drug-likeness (QED) is 0.380. The van der Waals surface area contributed by atoms with E-state index in [2.05, 4.69) is 53.1 Å². The first-order valence-electron chi connectivity index (χ1n) is 10.3. The normalized spacial score (nSPS) is 10.8. The summed E-state index contributed by atoms with van der Waals surface area (Å²) in [6, 6.07) is 20.3. The number of anilines is 2. The Labute approximate surface area is 193 Å². The molecule has 0 amide bonds. The second-order valence-electron chi connectivity index (χ2n) is 7.49. The number of benzene rings is 3. The fraction of sp³-hybridized carbons (Fsp3) is 0.200. The lowest BCUT2D eigenvalue weighted by atomic mass is 10.0. The van der Waals surface area contributed by atoms with Gasteiger partial charge >= 0.3 is 0 Å². The SMILES string of the molecule is COc1ccc(OC)c(NC(=S)Nc2c(C)nn(Cc3cccc4ccccc34)c2C)c1. The van der Waals surface area contributed by atoms with Crippen LogP contribution in [-0.2, 0) is 6.54 Å². The Hall–Kier alpha value is -3.58. The third kappa shape index (κ3) is 4.38. The number of hydrogen-bond donors (Lipinski definition) is 2. The molecular formula is C25H26N4O2S. The van der Waals surface area contributed by atoms with Gasteiger partial charge in [0.2, 0.25) is 0 Å². The summed E-state index contributed by atoms with van der Waals surface area (Å²) >= 11 is 5.57. The van der Waals surface area contributed by atoms with Gasteiger partial charge < -0.3 is 20.1 Å². The molecule has 0 radical (unpaired) electrons. The maximum Gasteiger partial charge on any atom is 0.175 e. The highest BCUT2D eigenvalue weighted by molar-refractivity contribution is 7.80. The van der Waals surface area contributed by atoms with Crippen molar-refractivity contribution in [1.82, 2.24) is 9.78 Å². The number of methoxy groups -OCH3 is 2. The van der Waals surface area contributed by atoms with Crippen molar-refractivity contribution in [2.75, 3.05) is 24.9 Å². The lowest BCUT2D eigenvalue weighted by molar-refractivity contribution is 0.405. The molecule has 0 aliphatic heterocycles. The first kappa shape index (κ1) is 21.6. The number of ether oxygens (including phenoxy) is 2. The average molecular weight is 447 g/mol. The van der Waals surface area contributed by atoms with Crippen molar-refractivity contribution in [1.29, 1.82) is 0 Å². The zero-order valence-electron chi connectivity index (χ0n) is 18.6. The Kier molecular flexibility index (Phi) is 6.28. The minimum absolute atomic E-state index is 0.451. The maximum atomic E-state index is 5.57. The zero-order valence-corrected chi connectivity index (χ0v) is 19.4. The summed E-state index contributed by atoms with van der Waals surface area (Å²) in [6.07, 6.45) is 0. The van der Waals surface area contributed by atoms with Crippen LogP contribution in [0.1, 0.15) is 17.0 Å². The molecule has 0 bridgehead atoms. The van der Waals surface area contributed by atoms with E-state index in [-0.39, 0.29) is 0 Å². The van der Waals surface area contributed by atoms with E-state index in [1.165, 1.54) is 16.3 Å². The standard InChI is InChI=1S/C25H26N4O2S/c1-16-24(27-25(32)26-22-14-20(30-3)12-13-23(22)31-4)17(2)29(28-16)15-19-10-7-9-18-8-5-6-11-21(18)19/h5-14H,15H2,1-4H3,(H2,26,27,32). The van der Waals surface area contributed by atoms with Crippen LogP contribution in [0.15, 0.2) is 60.7 Å². The molecule has 0 aliphatic rings. The Balaban J connectivity index is 1.55. The molecule has 164 valence electrons. The van der Waals surface area contributed by atoms with Crippen LogP contribution in [0.2, 0.25) is 0 Å². The Morgan fingerprint density at radius 1 is 0.969 bits per heavy atom. The number of hydrogen-bond acceptors (Lipinski definition) is 4. The largest absolute Gasteiger partial charge is 0.497 e. The lowest BCUT2D eigenvalue weighted by Crippen LogP contribution is -2.20. The maximum absolute atomic E-state index is 5.57. The predicted molar refractivity (Wildman–Crippen MR) is 134 cm³/mol. The molecule has 0 fully saturated rings. The zero-order chi connectivity index (χ0) is 22.7. The van der Waals surface area contributed by atoms with Crippen LogP contribution in [0.25, 0.3) is 10.8 Å². The molecule has 0 unspecified atom stereocenters. The van der Waals surface area contributed by atoms with Gasteiger partial charge in [-0.1, -0.05) is 42.5 Å². The van der Waals surface area contributed by atoms with Crippen molar-refractivity contribution in [2.24, 2.45) is 0 Å². The van der Waals surface area contributed by atoms with Gasteiger partial charge in [0.15, 0.2) is 5.11 Å². The predicted octanol–water partition coefficient (Wildman–Crippen LogP) is 5.53. The topological polar surface area (TPSA) is 60.3 Å². The van der Waals surface area contributed by atoms with E-state index in [0.717, 1.165) is 22.8 Å². The van der Waals surface area contributed by atoms with Crippen molar-refractivity contribution in [3.05, 3.63) is 77.6 Å². The van der Waals surface area contributed by atoms with Crippen molar-refractivity contribution >= 4 is 39.5 Å². The van der Waals surface area contributed by atoms with Crippen LogP contribution in [0.5, 0.6) is 11.5 Å². The van der Waals surface area contributed by atoms with Crippen LogP contribution >= 0.6 is 12.2 Å². The number of fused-ring (bicyclic) bond motifs is 1. The average Bonchev–Trinajstić information content (AvgIpc) is 3.06. The van der Waals surface area contributed by atoms with Gasteiger partial charge in [-0.15, -0.1) is 0 Å². The van der Waals surface area contributed by atoms with E-state index in [9.17, 15) is 0 Å². The minimum atomic E-state index is 0.451. The van der Waals surface area contributed by atoms with Crippen LogP contribution in [-0.4, -0.2) is 29.1 Å². The monoisotopic (exact) mass is 446 g/mol. The van der Waals surface area contributed by atoms with Crippen molar-refractivity contribution in [3.8, 4) is 11.5 Å². The van der Waals surface area contributed by atoms with Crippen LogP contribution in [0.3, 0.4) is 0 Å². The van der Waals surface area contributed by atoms with Gasteiger partial charge in [0.25, 0.3) is 0 Å². The highest BCUT2D eigenvalue weighted by Gasteiger charge is 2.15. The van der Waals surface area contributed by atoms with Gasteiger partial charge in [-0.25, -0.2) is 0 Å². The van der Waals surface area contributed by atoms with Gasteiger partial charge in [-0.2, -0.15) is 5.10 Å². The van der Waals surface area contributed by atoms with Gasteiger partial charge in [0.05, 0.1) is 43.5 Å². The highest BCUT2D eigenvalue weighted by atomic mass is 32.1. The van der Waals surface area contributed by atoms with E-state index in [0.29, 0.717) is 23.2 Å². The second kappa shape index (κ2) is 9.28. The van der Waals surface area contributed by atoms with Crippen LogP contribution < -0.4 is 20.1 Å². The molecule has 3 aromatic carbocycles. The smallest absolute Gasteiger partial charge is 0.175 e. The number of thiocarbonyl (C=S) groups is 1. The molecule has 7 heteroatoms. The molecule has 4 aromatic rings. The van der Waals surface area contributed by atoms with Gasteiger partial charge in [0.1, 0.15) is 11.5 Å². The number of nitrogens with zero attached hydrogens (tertiary/aromatic N) is 2. The fourth-order valence-corrected chi connectivity index (χ4v) is 4.01. The Morgan fingerprint density at radius 2 is 1.75 bits per heavy atom. The summed E-state index contributed by atoms with van der Waals surface area (Å²) in [5.74, 6) is 1.39. The second-order valence-corrected chi connectivity index (χ2v) is 7.90. The van der Waals surface area contributed by atoms with Gasteiger partial charge in [-0.05, 0) is 54.5 Å². The van der Waals surface area contributed by atoms with Crippen molar-refractivity contribution < 1.29 is 9.47 Å². The number of aromatic nitrogens is 2. The molecule has 1 aromatic heterocycles. The summed E-state index contributed by atoms with van der Waals surface area (Å²) in [4.78, 5) is 0. The Morgan fingerprint density at radius 3 is 2.53 bits per heavy atom. The number of nitrogens with one attached hydrogen (secondary N) is 2. The summed E-state index contributed by atoms with van der Waals surface area (Å²) in [5.41, 5.74) is 4.73. The third-order valence-electron chi connectivity index (χ3n) is 5.47. The molecular weight excluding hydrogens is 420 g/mol. The van der Waals surface area contributed by atoms with Crippen LogP contribution in [0.4, 0.5) is 11.4 Å². The van der Waals surface area contributed by atoms with Gasteiger partial charge in [0, 0.05) is 6.07 Å². The Bertz CT molecular complexity index is 1280. The highest BCUT2D eigenvalue weighted by Crippen LogP contribution is 2.29. The lowest BCUT2D eigenvalue weighted by Gasteiger charge is -2.15. The fourth-order valence-electron chi connectivity index (χ4n) is 3.80. The minimum Gasteiger partial charge on any atom is -0.497 e. The first-order chi connectivity index (χ1) is 15.5. The summed E-state index contributed by atoms with van der Waals surface area (Å²) in [7, 11) is 3.24. The summed E-state index contributed by atoms with van der Waals surface area (Å²) < 4.78 is 12.7. The molecule has 4 rings (SSSR count). The molecule has 2 N–H and O–H groups in total. The van der Waals surface area contributed by atoms with Gasteiger partial charge in [-0.3, -0.25) is 4.68 Å². The number of aryl methyl sites for hydroxylation is 1. The molecule has 0 atom stereocenters. The van der Waals surface area contributed by atoms with Crippen LogP contribution in [0, 0.1) is 13.8 Å². The third-order valence-corrected chi connectivity index (χ3v) is 5.68. The molecule has 0 aliphatic carbocycles. The summed E-state index contributed by atoms with van der Waals surface area (Å²) in [5, 5.41) is 14.2. The number of rotatable bonds is 6. The molecule has 32 heavy (non-hydrogen) atoms. The van der Waals surface area contributed by atoms with E-state index >= 15 is 0 Å².